The van der Waals surface area contributed by atoms with E-state index >= 15 is 0 Å². The van der Waals surface area contributed by atoms with Crippen LogP contribution in [-0.4, -0.2) is 34.5 Å². The first-order chi connectivity index (χ1) is 17.6. The molecule has 4 atom stereocenters. The van der Waals surface area contributed by atoms with E-state index in [0.717, 1.165) is 16.7 Å². The Morgan fingerprint density at radius 2 is 1.33 bits per heavy atom. The highest BCUT2D eigenvalue weighted by Crippen LogP contribution is 2.47. The summed E-state index contributed by atoms with van der Waals surface area (Å²) in [5.74, 6) is 0.610. The molecule has 3 aromatic carbocycles. The summed E-state index contributed by atoms with van der Waals surface area (Å²) in [6.45, 7) is 3.92. The molecule has 6 heteroatoms. The van der Waals surface area contributed by atoms with Gasteiger partial charge < -0.3 is 18.8 Å². The van der Waals surface area contributed by atoms with Crippen LogP contribution >= 0.6 is 0 Å². The van der Waals surface area contributed by atoms with E-state index in [1.807, 2.05) is 66.1 Å². The van der Waals surface area contributed by atoms with E-state index in [4.69, 9.17) is 14.2 Å². The molecule has 0 unspecified atom stereocenters. The topological polar surface area (TPSA) is 65.9 Å². The van der Waals surface area contributed by atoms with E-state index in [2.05, 4.69) is 41.4 Å². The molecule has 0 aliphatic carbocycles. The lowest BCUT2D eigenvalue weighted by Gasteiger charge is -2.37. The summed E-state index contributed by atoms with van der Waals surface area (Å²) in [6, 6.07) is 30.9. The molecular weight excluding hydrogens is 452 g/mol. The lowest BCUT2D eigenvalue weighted by atomic mass is 9.80. The molecule has 0 bridgehead atoms. The van der Waals surface area contributed by atoms with Gasteiger partial charge in [-0.15, -0.1) is 0 Å². The number of rotatable bonds is 7. The Hall–Kier alpha value is -3.58. The number of aromatic nitrogens is 2. The Bertz CT molecular complexity index is 1310. The molecule has 0 spiro atoms. The second-order valence-electron chi connectivity index (χ2n) is 9.40. The zero-order chi connectivity index (χ0) is 24.7. The molecule has 6 nitrogen and oxygen atoms in total. The Morgan fingerprint density at radius 3 is 1.86 bits per heavy atom. The normalized spacial score (nSPS) is 22.8. The van der Waals surface area contributed by atoms with Gasteiger partial charge in [-0.05, 0) is 30.5 Å². The van der Waals surface area contributed by atoms with Crippen molar-refractivity contribution in [3.05, 3.63) is 136 Å². The molecule has 0 saturated carbocycles. The molecule has 1 aromatic heterocycles. The van der Waals surface area contributed by atoms with E-state index in [1.54, 1.807) is 13.1 Å². The summed E-state index contributed by atoms with van der Waals surface area (Å²) >= 11 is 0. The third-order valence-electron chi connectivity index (χ3n) is 7.11. The molecule has 0 amide bonds. The molecule has 0 radical (unpaired) electrons. The smallest absolute Gasteiger partial charge is 0.275 e. The van der Waals surface area contributed by atoms with Crippen molar-refractivity contribution in [2.45, 2.75) is 44.0 Å². The maximum atomic E-state index is 12.0. The summed E-state index contributed by atoms with van der Waals surface area (Å²) in [7, 11) is 0. The van der Waals surface area contributed by atoms with Gasteiger partial charge in [0.1, 0.15) is 29.7 Å². The molecule has 36 heavy (non-hydrogen) atoms. The maximum absolute atomic E-state index is 12.0. The van der Waals surface area contributed by atoms with E-state index in [9.17, 15) is 4.79 Å². The average Bonchev–Trinajstić information content (AvgIpc) is 3.64. The number of hydrogen-bond acceptors (Lipinski definition) is 5. The maximum Gasteiger partial charge on any atom is 0.275 e. The molecular formula is C30H28N2O4. The average molecular weight is 481 g/mol. The zero-order valence-corrected chi connectivity index (χ0v) is 20.3. The predicted octanol–water partition coefficient (Wildman–Crippen LogP) is 4.53. The van der Waals surface area contributed by atoms with Crippen LogP contribution < -0.4 is 5.56 Å². The quantitative estimate of drug-likeness (QED) is 0.287. The van der Waals surface area contributed by atoms with Crippen LogP contribution in [0.25, 0.3) is 0 Å². The Balaban J connectivity index is 1.35. The van der Waals surface area contributed by atoms with Crippen LogP contribution in [0.3, 0.4) is 0 Å². The molecule has 0 N–H and O–H groups in total. The van der Waals surface area contributed by atoms with Crippen molar-refractivity contribution in [1.29, 1.82) is 0 Å². The van der Waals surface area contributed by atoms with Gasteiger partial charge in [-0.2, -0.15) is 4.98 Å². The molecule has 3 heterocycles. The number of benzene rings is 3. The van der Waals surface area contributed by atoms with Crippen LogP contribution in [-0.2, 0) is 19.8 Å². The number of nitrogens with zero attached hydrogens (tertiary/aromatic N) is 2. The lowest BCUT2D eigenvalue weighted by molar-refractivity contribution is -0.117. The van der Waals surface area contributed by atoms with E-state index in [0.29, 0.717) is 18.0 Å². The molecule has 2 aliphatic heterocycles. The van der Waals surface area contributed by atoms with Crippen LogP contribution in [0, 0.1) is 13.8 Å². The van der Waals surface area contributed by atoms with Crippen LogP contribution in [0.5, 0.6) is 0 Å². The summed E-state index contributed by atoms with van der Waals surface area (Å²) in [6.07, 6.45) is 1.07. The fraction of sp³-hybridized carbons (Fsp3) is 0.267. The van der Waals surface area contributed by atoms with Gasteiger partial charge in [0.05, 0.1) is 6.61 Å². The third-order valence-corrected chi connectivity index (χ3v) is 7.11. The fourth-order valence-electron chi connectivity index (χ4n) is 5.24. The van der Waals surface area contributed by atoms with Crippen molar-refractivity contribution >= 4 is 0 Å². The minimum absolute atomic E-state index is 0.0610. The van der Waals surface area contributed by atoms with E-state index < -0.39 is 5.60 Å². The Kier molecular flexibility index (Phi) is 5.80. The van der Waals surface area contributed by atoms with Gasteiger partial charge in [0.2, 0.25) is 0 Å². The zero-order valence-electron chi connectivity index (χ0n) is 20.3. The number of epoxide rings is 1. The van der Waals surface area contributed by atoms with Crippen molar-refractivity contribution in [3.8, 4) is 0 Å². The van der Waals surface area contributed by atoms with Gasteiger partial charge in [-0.25, -0.2) is 0 Å². The number of hydrogen-bond donors (Lipinski definition) is 0. The SMILES string of the molecule is Cc1cn([C@@H]2O[C@H](COC(c3ccccc3)(c3ccccc3)c3ccccc3)[C@@H]3O[C@@H]32)c(C)nc1=O. The minimum atomic E-state index is -0.818. The fourth-order valence-corrected chi connectivity index (χ4v) is 5.24. The molecule has 2 fully saturated rings. The second kappa shape index (κ2) is 9.13. The van der Waals surface area contributed by atoms with Crippen LogP contribution in [0.15, 0.2) is 102 Å². The molecule has 6 rings (SSSR count). The number of aryl methyl sites for hydroxylation is 2. The van der Waals surface area contributed by atoms with Gasteiger partial charge in [0.15, 0.2) is 6.23 Å². The standard InChI is InChI=1S/C30H28N2O4/c1-20-18-32(21(2)31-28(20)33)29-27-26(36-27)25(35-29)19-34-30(22-12-6-3-7-13-22,23-14-8-4-9-15-23)24-16-10-5-11-17-24/h3-18,25-27,29H,19H2,1-2H3/t25-,26+,27+,29-/m1/s1. The van der Waals surface area contributed by atoms with E-state index in [-0.39, 0.29) is 30.1 Å². The molecule has 2 aliphatic rings. The van der Waals surface area contributed by atoms with Gasteiger partial charge in [0, 0.05) is 11.8 Å². The first-order valence-corrected chi connectivity index (χ1v) is 12.3. The second-order valence-corrected chi connectivity index (χ2v) is 9.40. The first-order valence-electron chi connectivity index (χ1n) is 12.3. The van der Waals surface area contributed by atoms with Crippen molar-refractivity contribution in [3.63, 3.8) is 0 Å². The monoisotopic (exact) mass is 480 g/mol. The number of fused-ring (bicyclic) bond motifs is 1. The van der Waals surface area contributed by atoms with Crippen molar-refractivity contribution in [2.75, 3.05) is 6.61 Å². The predicted molar refractivity (Wildman–Crippen MR) is 136 cm³/mol. The Morgan fingerprint density at radius 1 is 0.806 bits per heavy atom. The van der Waals surface area contributed by atoms with Crippen LogP contribution in [0.1, 0.15) is 34.3 Å². The molecule has 182 valence electrons. The summed E-state index contributed by atoms with van der Waals surface area (Å²) < 4.78 is 21.3. The summed E-state index contributed by atoms with van der Waals surface area (Å²) in [5.41, 5.74) is 2.68. The van der Waals surface area contributed by atoms with Crippen molar-refractivity contribution < 1.29 is 14.2 Å². The van der Waals surface area contributed by atoms with Crippen LogP contribution in [0.2, 0.25) is 0 Å². The van der Waals surface area contributed by atoms with Gasteiger partial charge in [-0.3, -0.25) is 4.79 Å². The van der Waals surface area contributed by atoms with E-state index in [1.165, 1.54) is 0 Å². The highest BCUT2D eigenvalue weighted by Gasteiger charge is 2.59. The van der Waals surface area contributed by atoms with Gasteiger partial charge in [0.25, 0.3) is 5.56 Å². The van der Waals surface area contributed by atoms with Crippen molar-refractivity contribution in [1.82, 2.24) is 9.55 Å². The third kappa shape index (κ3) is 3.88. The largest absolute Gasteiger partial charge is 0.362 e. The Labute approximate surface area is 210 Å². The van der Waals surface area contributed by atoms with Crippen LogP contribution in [0.4, 0.5) is 0 Å². The lowest BCUT2D eigenvalue weighted by Crippen LogP contribution is -2.37. The molecule has 2 saturated heterocycles. The summed E-state index contributed by atoms with van der Waals surface area (Å²) in [5, 5.41) is 0. The van der Waals surface area contributed by atoms with Gasteiger partial charge >= 0.3 is 0 Å². The van der Waals surface area contributed by atoms with Gasteiger partial charge in [-0.1, -0.05) is 91.0 Å². The highest BCUT2D eigenvalue weighted by molar-refractivity contribution is 5.47. The van der Waals surface area contributed by atoms with Crippen molar-refractivity contribution in [2.24, 2.45) is 0 Å². The highest BCUT2D eigenvalue weighted by atomic mass is 16.7. The first kappa shape index (κ1) is 22.9. The minimum Gasteiger partial charge on any atom is -0.362 e. The molecule has 4 aromatic rings. The number of ether oxygens (including phenoxy) is 3. The summed E-state index contributed by atoms with van der Waals surface area (Å²) in [4.78, 5) is 16.1.